The molecule has 1 aliphatic heterocycles. The summed E-state index contributed by atoms with van der Waals surface area (Å²) in [6.45, 7) is 9.59. The minimum absolute atomic E-state index is 0.494. The molecule has 0 amide bonds. The molecular weight excluding hydrogens is 332 g/mol. The average Bonchev–Trinajstić information content (AvgIpc) is 3.29. The molecule has 2 fully saturated rings. The lowest BCUT2D eigenvalue weighted by Crippen LogP contribution is -2.52. The van der Waals surface area contributed by atoms with Crippen molar-refractivity contribution < 1.29 is 4.74 Å². The molecule has 1 aromatic heterocycles. The van der Waals surface area contributed by atoms with Gasteiger partial charge in [-0.1, -0.05) is 11.3 Å². The van der Waals surface area contributed by atoms with Crippen LogP contribution in [0.3, 0.4) is 0 Å². The van der Waals surface area contributed by atoms with E-state index in [-0.39, 0.29) is 0 Å². The molecular formula is C19H26N4OS. The van der Waals surface area contributed by atoms with Crippen molar-refractivity contribution in [1.82, 2.24) is 15.1 Å². The Balaban J connectivity index is 1.42. The van der Waals surface area contributed by atoms with E-state index in [1.165, 1.54) is 19.4 Å². The topological polar surface area (TPSA) is 41.5 Å². The molecule has 1 unspecified atom stereocenters. The summed E-state index contributed by atoms with van der Waals surface area (Å²) in [5.74, 6) is 1.86. The van der Waals surface area contributed by atoms with Crippen LogP contribution >= 0.6 is 11.3 Å². The Morgan fingerprint density at radius 2 is 1.96 bits per heavy atom. The van der Waals surface area contributed by atoms with Gasteiger partial charge in [-0.2, -0.15) is 0 Å². The molecule has 6 heteroatoms. The fourth-order valence-electron chi connectivity index (χ4n) is 3.46. The monoisotopic (exact) mass is 358 g/mol. The van der Waals surface area contributed by atoms with Crippen molar-refractivity contribution in [3.05, 3.63) is 24.3 Å². The summed E-state index contributed by atoms with van der Waals surface area (Å²) in [6, 6.07) is 8.62. The number of benzene rings is 1. The zero-order valence-electron chi connectivity index (χ0n) is 15.0. The Labute approximate surface area is 153 Å². The van der Waals surface area contributed by atoms with Gasteiger partial charge >= 0.3 is 0 Å². The van der Waals surface area contributed by atoms with E-state index in [1.54, 1.807) is 11.3 Å². The summed E-state index contributed by atoms with van der Waals surface area (Å²) in [5.41, 5.74) is 1.10. The Morgan fingerprint density at radius 3 is 2.64 bits per heavy atom. The van der Waals surface area contributed by atoms with Gasteiger partial charge in [0.15, 0.2) is 0 Å². The second-order valence-electron chi connectivity index (χ2n) is 7.09. The van der Waals surface area contributed by atoms with E-state index in [1.807, 2.05) is 19.1 Å². The minimum atomic E-state index is 0.494. The maximum absolute atomic E-state index is 5.51. The molecule has 0 bridgehead atoms. The number of piperazine rings is 1. The summed E-state index contributed by atoms with van der Waals surface area (Å²) in [5, 5.41) is 10.9. The third-order valence-electron chi connectivity index (χ3n) is 5.00. The number of anilines is 1. The lowest BCUT2D eigenvalue weighted by molar-refractivity contribution is 0.220. The summed E-state index contributed by atoms with van der Waals surface area (Å²) < 4.78 is 5.51. The number of nitrogens with zero attached hydrogens (tertiary/aromatic N) is 4. The van der Waals surface area contributed by atoms with E-state index >= 15 is 0 Å². The molecule has 0 radical (unpaired) electrons. The molecule has 1 saturated heterocycles. The van der Waals surface area contributed by atoms with Crippen LogP contribution in [0.2, 0.25) is 0 Å². The number of hydrogen-bond acceptors (Lipinski definition) is 6. The Kier molecular flexibility index (Phi) is 4.90. The first-order valence-electron chi connectivity index (χ1n) is 9.28. The summed E-state index contributed by atoms with van der Waals surface area (Å²) in [7, 11) is 0. The van der Waals surface area contributed by atoms with Crippen molar-refractivity contribution in [2.75, 3.05) is 37.7 Å². The van der Waals surface area contributed by atoms with E-state index < -0.39 is 0 Å². The van der Waals surface area contributed by atoms with Crippen molar-refractivity contribution in [2.24, 2.45) is 5.92 Å². The molecule has 1 aromatic carbocycles. The number of ether oxygens (including phenoxy) is 1. The van der Waals surface area contributed by atoms with Crippen LogP contribution in [0.4, 0.5) is 5.13 Å². The fraction of sp³-hybridized carbons (Fsp3) is 0.579. The molecule has 1 saturated carbocycles. The van der Waals surface area contributed by atoms with Gasteiger partial charge < -0.3 is 9.64 Å². The van der Waals surface area contributed by atoms with Gasteiger partial charge in [-0.3, -0.25) is 4.90 Å². The van der Waals surface area contributed by atoms with Crippen LogP contribution in [0.5, 0.6) is 5.75 Å². The first-order valence-corrected chi connectivity index (χ1v) is 10.1. The van der Waals surface area contributed by atoms with Crippen LogP contribution in [0.15, 0.2) is 24.3 Å². The molecule has 0 spiro atoms. The second kappa shape index (κ2) is 7.30. The molecule has 1 atom stereocenters. The molecule has 1 aliphatic carbocycles. The van der Waals surface area contributed by atoms with Crippen LogP contribution < -0.4 is 9.64 Å². The number of rotatable bonds is 6. The maximum Gasteiger partial charge on any atom is 0.208 e. The van der Waals surface area contributed by atoms with Gasteiger partial charge in [0.2, 0.25) is 5.13 Å². The van der Waals surface area contributed by atoms with Crippen molar-refractivity contribution in [3.63, 3.8) is 0 Å². The molecule has 2 aromatic rings. The van der Waals surface area contributed by atoms with Crippen molar-refractivity contribution in [2.45, 2.75) is 32.7 Å². The highest BCUT2D eigenvalue weighted by Gasteiger charge is 2.30. The Morgan fingerprint density at radius 1 is 1.16 bits per heavy atom. The predicted octanol–water partition coefficient (Wildman–Crippen LogP) is 3.52. The highest BCUT2D eigenvalue weighted by atomic mass is 32.1. The predicted molar refractivity (Wildman–Crippen MR) is 102 cm³/mol. The maximum atomic E-state index is 5.51. The number of hydrogen-bond donors (Lipinski definition) is 0. The van der Waals surface area contributed by atoms with Crippen molar-refractivity contribution >= 4 is 16.5 Å². The van der Waals surface area contributed by atoms with Gasteiger partial charge in [0.25, 0.3) is 0 Å². The van der Waals surface area contributed by atoms with Crippen LogP contribution in [-0.4, -0.2) is 53.9 Å². The van der Waals surface area contributed by atoms with Crippen molar-refractivity contribution in [3.8, 4) is 16.3 Å². The lowest BCUT2D eigenvalue weighted by atomic mass is 10.2. The SMILES string of the molecule is CCOc1ccc(-c2nnc(N3CCN(CC4CC4)CC3C)s2)cc1. The van der Waals surface area contributed by atoms with E-state index in [0.29, 0.717) is 12.6 Å². The third kappa shape index (κ3) is 3.96. The fourth-order valence-corrected chi connectivity index (χ4v) is 4.44. The normalized spacial score (nSPS) is 21.5. The lowest BCUT2D eigenvalue weighted by Gasteiger charge is -2.39. The van der Waals surface area contributed by atoms with E-state index in [4.69, 9.17) is 4.74 Å². The largest absolute Gasteiger partial charge is 0.494 e. The smallest absolute Gasteiger partial charge is 0.208 e. The van der Waals surface area contributed by atoms with Crippen molar-refractivity contribution in [1.29, 1.82) is 0 Å². The van der Waals surface area contributed by atoms with Gasteiger partial charge in [-0.25, -0.2) is 0 Å². The zero-order valence-corrected chi connectivity index (χ0v) is 15.8. The van der Waals surface area contributed by atoms with Gasteiger partial charge in [0.05, 0.1) is 6.61 Å². The highest BCUT2D eigenvalue weighted by molar-refractivity contribution is 7.18. The van der Waals surface area contributed by atoms with Gasteiger partial charge in [-0.15, -0.1) is 10.2 Å². The standard InChI is InChI=1S/C19H26N4OS/c1-3-24-17-8-6-16(7-9-17)18-20-21-19(25-18)23-11-10-22(12-14(23)2)13-15-4-5-15/h6-9,14-15H,3-5,10-13H2,1-2H3. The molecule has 25 heavy (non-hydrogen) atoms. The van der Waals surface area contributed by atoms with Crippen LogP contribution in [0, 0.1) is 5.92 Å². The molecule has 2 aliphatic rings. The van der Waals surface area contributed by atoms with E-state index in [0.717, 1.165) is 47.0 Å². The van der Waals surface area contributed by atoms with E-state index in [2.05, 4.69) is 39.1 Å². The van der Waals surface area contributed by atoms with E-state index in [9.17, 15) is 0 Å². The van der Waals surface area contributed by atoms with Crippen LogP contribution in [-0.2, 0) is 0 Å². The van der Waals surface area contributed by atoms with Crippen LogP contribution in [0.1, 0.15) is 26.7 Å². The average molecular weight is 359 g/mol. The second-order valence-corrected chi connectivity index (χ2v) is 8.05. The summed E-state index contributed by atoms with van der Waals surface area (Å²) >= 11 is 1.69. The van der Waals surface area contributed by atoms with Crippen LogP contribution in [0.25, 0.3) is 10.6 Å². The highest BCUT2D eigenvalue weighted by Crippen LogP contribution is 2.33. The van der Waals surface area contributed by atoms with Gasteiger partial charge in [0.1, 0.15) is 10.8 Å². The first kappa shape index (κ1) is 16.8. The third-order valence-corrected chi connectivity index (χ3v) is 6.01. The van der Waals surface area contributed by atoms with Gasteiger partial charge in [-0.05, 0) is 56.9 Å². The zero-order chi connectivity index (χ0) is 17.2. The molecule has 134 valence electrons. The molecule has 5 nitrogen and oxygen atoms in total. The Hall–Kier alpha value is -1.66. The molecule has 4 rings (SSSR count). The summed E-state index contributed by atoms with van der Waals surface area (Å²) in [4.78, 5) is 5.03. The molecule has 0 N–H and O–H groups in total. The first-order chi connectivity index (χ1) is 12.2. The quantitative estimate of drug-likeness (QED) is 0.790. The summed E-state index contributed by atoms with van der Waals surface area (Å²) in [6.07, 6.45) is 2.85. The minimum Gasteiger partial charge on any atom is -0.494 e. The van der Waals surface area contributed by atoms with Gasteiger partial charge in [0, 0.05) is 37.8 Å². The Bertz CT molecular complexity index is 698. The molecule has 2 heterocycles. The number of aromatic nitrogens is 2.